The number of aryl methyl sites for hydroxylation is 1. The molecular weight excluding hydrogens is 368 g/mol. The third-order valence-corrected chi connectivity index (χ3v) is 5.17. The molecule has 0 spiro atoms. The molecule has 29 heavy (non-hydrogen) atoms. The van der Waals surface area contributed by atoms with Crippen molar-refractivity contribution in [2.75, 3.05) is 12.4 Å². The Hall–Kier alpha value is -3.54. The summed E-state index contributed by atoms with van der Waals surface area (Å²) in [5.74, 6) is 0.146. The molecule has 0 saturated heterocycles. The number of anilines is 1. The molecule has 2 N–H and O–H groups in total. The Labute approximate surface area is 167 Å². The highest BCUT2D eigenvalue weighted by Gasteiger charge is 2.23. The number of aromatic nitrogens is 1. The molecule has 4 rings (SSSR count). The predicted molar refractivity (Wildman–Crippen MR) is 113 cm³/mol. The minimum absolute atomic E-state index is 0.0593. The molecule has 0 aliphatic rings. The number of hydrogen-bond donors (Lipinski definition) is 2. The lowest BCUT2D eigenvalue weighted by Crippen LogP contribution is -2.15. The number of amides is 1. The third kappa shape index (κ3) is 3.06. The number of H-pyrrole nitrogens is 1. The molecule has 2 aromatic carbocycles. The van der Waals surface area contributed by atoms with Crippen LogP contribution < -0.4 is 10.1 Å². The van der Waals surface area contributed by atoms with Crippen LogP contribution in [0.1, 0.15) is 46.0 Å². The van der Waals surface area contributed by atoms with E-state index in [9.17, 15) is 9.59 Å². The van der Waals surface area contributed by atoms with Crippen molar-refractivity contribution in [1.29, 1.82) is 0 Å². The second kappa shape index (κ2) is 7.13. The fourth-order valence-corrected chi connectivity index (χ4v) is 3.90. The Morgan fingerprint density at radius 1 is 1.14 bits per heavy atom. The number of Topliss-reactive ketones (excluding diaryl/α,β-unsaturated/α-hetero) is 1. The Bertz CT molecular complexity index is 1260. The van der Waals surface area contributed by atoms with Crippen LogP contribution in [0.25, 0.3) is 21.9 Å². The van der Waals surface area contributed by atoms with Crippen molar-refractivity contribution in [3.8, 4) is 5.75 Å². The monoisotopic (exact) mass is 390 g/mol. The van der Waals surface area contributed by atoms with Crippen molar-refractivity contribution in [2.45, 2.75) is 27.2 Å². The van der Waals surface area contributed by atoms with Crippen molar-refractivity contribution in [3.05, 3.63) is 58.9 Å². The molecule has 6 nitrogen and oxygen atoms in total. The Balaban J connectivity index is 1.78. The lowest BCUT2D eigenvalue weighted by Gasteiger charge is -2.11. The molecule has 148 valence electrons. The fraction of sp³-hybridized carbons (Fsp3) is 0.217. The molecule has 4 aromatic rings. The van der Waals surface area contributed by atoms with E-state index >= 15 is 0 Å². The summed E-state index contributed by atoms with van der Waals surface area (Å²) in [5.41, 5.74) is 4.31. The van der Waals surface area contributed by atoms with Gasteiger partial charge in [-0.2, -0.15) is 0 Å². The Morgan fingerprint density at radius 3 is 2.59 bits per heavy atom. The van der Waals surface area contributed by atoms with Crippen LogP contribution in [0.3, 0.4) is 0 Å². The molecule has 0 bridgehead atoms. The zero-order chi connectivity index (χ0) is 20.7. The number of para-hydroxylation sites is 1. The lowest BCUT2D eigenvalue weighted by atomic mass is 10.0. The van der Waals surface area contributed by atoms with Crippen LogP contribution in [-0.2, 0) is 6.42 Å². The topological polar surface area (TPSA) is 84.3 Å². The molecule has 2 aromatic heterocycles. The molecule has 0 unspecified atom stereocenters. The fourth-order valence-electron chi connectivity index (χ4n) is 3.90. The SMILES string of the molecule is CCc1c(C(=O)Nc2cc3oc4ccccc4c3cc2OC)[nH]c(C)c1C(C)=O. The van der Waals surface area contributed by atoms with Crippen molar-refractivity contribution < 1.29 is 18.7 Å². The van der Waals surface area contributed by atoms with Gasteiger partial charge in [0, 0.05) is 28.1 Å². The van der Waals surface area contributed by atoms with Gasteiger partial charge in [-0.25, -0.2) is 0 Å². The standard InChI is InChI=1S/C23H22N2O4/c1-5-14-21(13(3)26)12(2)24-22(14)23(27)25-17-11-19-16(10-20(17)28-4)15-8-6-7-9-18(15)29-19/h6-11,24H,5H2,1-4H3,(H,25,27). The van der Waals surface area contributed by atoms with E-state index in [0.717, 1.165) is 21.9 Å². The van der Waals surface area contributed by atoms with E-state index in [1.54, 1.807) is 20.1 Å². The summed E-state index contributed by atoms with van der Waals surface area (Å²) in [6, 6.07) is 11.4. The molecule has 0 saturated carbocycles. The van der Waals surface area contributed by atoms with Gasteiger partial charge in [-0.05, 0) is 38.0 Å². The summed E-state index contributed by atoms with van der Waals surface area (Å²) in [6.07, 6.45) is 0.571. The average molecular weight is 390 g/mol. The maximum atomic E-state index is 13.0. The number of methoxy groups -OCH3 is 1. The lowest BCUT2D eigenvalue weighted by molar-refractivity contribution is 0.101. The summed E-state index contributed by atoms with van der Waals surface area (Å²) < 4.78 is 11.4. The number of rotatable bonds is 5. The number of nitrogens with one attached hydrogen (secondary N) is 2. The number of furan rings is 1. The number of carbonyl (C=O) groups is 2. The Morgan fingerprint density at radius 2 is 1.90 bits per heavy atom. The van der Waals surface area contributed by atoms with Gasteiger partial charge >= 0.3 is 0 Å². The number of carbonyl (C=O) groups excluding carboxylic acids is 2. The second-order valence-electron chi connectivity index (χ2n) is 6.99. The normalized spacial score (nSPS) is 11.2. The van der Waals surface area contributed by atoms with E-state index < -0.39 is 0 Å². The molecule has 6 heteroatoms. The van der Waals surface area contributed by atoms with Gasteiger partial charge < -0.3 is 19.5 Å². The minimum Gasteiger partial charge on any atom is -0.495 e. The molecule has 0 aliphatic carbocycles. The van der Waals surface area contributed by atoms with Gasteiger partial charge in [0.1, 0.15) is 22.6 Å². The molecule has 0 atom stereocenters. The predicted octanol–water partition coefficient (Wildman–Crippen LogP) is 5.25. The van der Waals surface area contributed by atoms with Crippen LogP contribution in [0.15, 0.2) is 40.8 Å². The smallest absolute Gasteiger partial charge is 0.272 e. The summed E-state index contributed by atoms with van der Waals surface area (Å²) >= 11 is 0. The maximum absolute atomic E-state index is 13.0. The molecule has 1 amide bonds. The van der Waals surface area contributed by atoms with E-state index in [-0.39, 0.29) is 11.7 Å². The highest BCUT2D eigenvalue weighted by atomic mass is 16.5. The van der Waals surface area contributed by atoms with Crippen LogP contribution in [0, 0.1) is 6.92 Å². The van der Waals surface area contributed by atoms with Crippen molar-refractivity contribution in [2.24, 2.45) is 0 Å². The first kappa shape index (κ1) is 18.8. The largest absolute Gasteiger partial charge is 0.495 e. The zero-order valence-electron chi connectivity index (χ0n) is 16.8. The minimum atomic E-state index is -0.328. The second-order valence-corrected chi connectivity index (χ2v) is 6.99. The van der Waals surface area contributed by atoms with Crippen molar-refractivity contribution >= 4 is 39.3 Å². The van der Waals surface area contributed by atoms with Crippen molar-refractivity contribution in [1.82, 2.24) is 4.98 Å². The molecule has 0 fully saturated rings. The van der Waals surface area contributed by atoms with Gasteiger partial charge in [0.15, 0.2) is 5.78 Å². The maximum Gasteiger partial charge on any atom is 0.272 e. The van der Waals surface area contributed by atoms with Gasteiger partial charge in [-0.15, -0.1) is 0 Å². The highest BCUT2D eigenvalue weighted by Crippen LogP contribution is 2.36. The number of aromatic amines is 1. The number of fused-ring (bicyclic) bond motifs is 3. The summed E-state index contributed by atoms with van der Waals surface area (Å²) in [7, 11) is 1.56. The van der Waals surface area contributed by atoms with Crippen molar-refractivity contribution in [3.63, 3.8) is 0 Å². The first-order valence-electron chi connectivity index (χ1n) is 9.47. The number of benzene rings is 2. The van der Waals surface area contributed by atoms with Gasteiger partial charge in [-0.1, -0.05) is 25.1 Å². The summed E-state index contributed by atoms with van der Waals surface area (Å²) in [4.78, 5) is 28.1. The number of ether oxygens (including phenoxy) is 1. The summed E-state index contributed by atoms with van der Waals surface area (Å²) in [6.45, 7) is 5.23. The average Bonchev–Trinajstić information content (AvgIpc) is 3.23. The van der Waals surface area contributed by atoms with E-state index in [1.807, 2.05) is 37.3 Å². The highest BCUT2D eigenvalue weighted by molar-refractivity contribution is 6.11. The quantitative estimate of drug-likeness (QED) is 0.456. The zero-order valence-corrected chi connectivity index (χ0v) is 16.8. The van der Waals surface area contributed by atoms with E-state index in [2.05, 4.69) is 10.3 Å². The molecule has 2 heterocycles. The van der Waals surface area contributed by atoms with Crippen LogP contribution >= 0.6 is 0 Å². The Kier molecular flexibility index (Phi) is 4.62. The van der Waals surface area contributed by atoms with E-state index in [0.29, 0.717) is 40.4 Å². The number of hydrogen-bond acceptors (Lipinski definition) is 4. The van der Waals surface area contributed by atoms with Crippen LogP contribution in [0.4, 0.5) is 5.69 Å². The molecule has 0 aliphatic heterocycles. The molecular formula is C23H22N2O4. The molecule has 0 radical (unpaired) electrons. The van der Waals surface area contributed by atoms with Crippen LogP contribution in [0.2, 0.25) is 0 Å². The summed E-state index contributed by atoms with van der Waals surface area (Å²) in [5, 5.41) is 4.80. The van der Waals surface area contributed by atoms with Crippen LogP contribution in [-0.4, -0.2) is 23.8 Å². The van der Waals surface area contributed by atoms with E-state index in [1.165, 1.54) is 6.92 Å². The number of ketones is 1. The van der Waals surface area contributed by atoms with Gasteiger partial charge in [0.25, 0.3) is 5.91 Å². The first-order valence-corrected chi connectivity index (χ1v) is 9.47. The third-order valence-electron chi connectivity index (χ3n) is 5.17. The first-order chi connectivity index (χ1) is 13.9. The van der Waals surface area contributed by atoms with Gasteiger partial charge in [-0.3, -0.25) is 9.59 Å². The van der Waals surface area contributed by atoms with Crippen LogP contribution in [0.5, 0.6) is 5.75 Å². The van der Waals surface area contributed by atoms with Gasteiger partial charge in [0.2, 0.25) is 0 Å². The van der Waals surface area contributed by atoms with Gasteiger partial charge in [0.05, 0.1) is 12.8 Å². The van der Waals surface area contributed by atoms with E-state index in [4.69, 9.17) is 9.15 Å².